The minimum absolute atomic E-state index is 0. The second kappa shape index (κ2) is 9.85. The normalized spacial score (nSPS) is 13.4. The third kappa shape index (κ3) is 4.41. The van der Waals surface area contributed by atoms with E-state index in [4.69, 9.17) is 14.5 Å². The Morgan fingerprint density at radius 1 is 0.972 bits per heavy atom. The summed E-state index contributed by atoms with van der Waals surface area (Å²) in [6.45, 7) is 7.40. The largest absolute Gasteiger partial charge is 0.512 e. The van der Waals surface area contributed by atoms with Gasteiger partial charge in [-0.3, -0.25) is 9.78 Å². The van der Waals surface area contributed by atoms with Crippen molar-refractivity contribution in [3.63, 3.8) is 0 Å². The molecule has 6 rings (SSSR count). The molecule has 0 aliphatic heterocycles. The van der Waals surface area contributed by atoms with E-state index in [1.807, 2.05) is 30.3 Å². The summed E-state index contributed by atoms with van der Waals surface area (Å²) in [7, 11) is 0. The van der Waals surface area contributed by atoms with E-state index in [9.17, 15) is 4.79 Å². The zero-order valence-electron chi connectivity index (χ0n) is 20.5. The molecule has 0 saturated heterocycles. The van der Waals surface area contributed by atoms with Crippen LogP contribution >= 0.6 is 0 Å². The molecule has 36 heavy (non-hydrogen) atoms. The summed E-state index contributed by atoms with van der Waals surface area (Å²) in [6.07, 6.45) is 1.17. The van der Waals surface area contributed by atoms with Crippen molar-refractivity contribution in [2.75, 3.05) is 0 Å². The Morgan fingerprint density at radius 3 is 2.42 bits per heavy atom. The molecule has 183 valence electrons. The molecular weight excluding hydrogens is 627 g/mol. The quantitative estimate of drug-likeness (QED) is 0.120. The van der Waals surface area contributed by atoms with E-state index in [2.05, 4.69) is 62.4 Å². The Hall–Kier alpha value is -3.53. The van der Waals surface area contributed by atoms with Crippen LogP contribution in [0.4, 0.5) is 0 Å². The maximum Gasteiger partial charge on any atom is 0.155 e. The number of aliphatic hydroxyl groups is 1. The maximum atomic E-state index is 10.0. The van der Waals surface area contributed by atoms with Crippen molar-refractivity contribution in [2.24, 2.45) is 0 Å². The van der Waals surface area contributed by atoms with Gasteiger partial charge in [0.25, 0.3) is 0 Å². The van der Waals surface area contributed by atoms with E-state index in [0.29, 0.717) is 0 Å². The molecule has 0 amide bonds. The summed E-state index contributed by atoms with van der Waals surface area (Å²) < 4.78 is 6.30. The van der Waals surface area contributed by atoms with Gasteiger partial charge in [-0.1, -0.05) is 67.9 Å². The molecular formula is C31H26IrNO3-. The van der Waals surface area contributed by atoms with Crippen LogP contribution in [0.2, 0.25) is 0 Å². The Balaban J connectivity index is 0.000000338. The van der Waals surface area contributed by atoms with E-state index < -0.39 is 0 Å². The van der Waals surface area contributed by atoms with Crippen molar-refractivity contribution in [1.82, 2.24) is 4.98 Å². The fraction of sp³-hybridized carbons (Fsp3) is 0.161. The molecule has 0 bridgehead atoms. The number of aliphatic hydroxyl groups excluding tert-OH is 1. The maximum absolute atomic E-state index is 10.0. The Morgan fingerprint density at radius 2 is 1.69 bits per heavy atom. The number of nitrogens with zero attached hydrogens (tertiary/aromatic N) is 1. The molecule has 0 fully saturated rings. The minimum Gasteiger partial charge on any atom is -0.512 e. The Bertz CT molecular complexity index is 1620. The van der Waals surface area contributed by atoms with E-state index in [-0.39, 0.29) is 37.1 Å². The number of carbonyl (C=O) groups is 1. The zero-order chi connectivity index (χ0) is 24.7. The first kappa shape index (κ1) is 25.6. The molecule has 0 unspecified atom stereocenters. The van der Waals surface area contributed by atoms with Crippen LogP contribution in [-0.4, -0.2) is 15.9 Å². The van der Waals surface area contributed by atoms with Gasteiger partial charge in [0.15, 0.2) is 5.78 Å². The number of benzene rings is 3. The van der Waals surface area contributed by atoms with Crippen molar-refractivity contribution in [2.45, 2.75) is 33.1 Å². The molecule has 1 radical (unpaired) electrons. The molecule has 1 aliphatic carbocycles. The summed E-state index contributed by atoms with van der Waals surface area (Å²) >= 11 is 0. The minimum atomic E-state index is -0.183. The number of aromatic nitrogens is 1. The molecule has 4 nitrogen and oxygen atoms in total. The molecule has 5 aromatic rings. The van der Waals surface area contributed by atoms with Crippen LogP contribution in [0, 0.1) is 6.07 Å². The first-order chi connectivity index (χ1) is 16.8. The molecule has 0 spiro atoms. The average Bonchev–Trinajstić information content (AvgIpc) is 3.32. The number of furan rings is 1. The van der Waals surface area contributed by atoms with Crippen LogP contribution in [0.3, 0.4) is 0 Å². The Kier molecular flexibility index (Phi) is 6.99. The molecule has 2 aromatic heterocycles. The van der Waals surface area contributed by atoms with Crippen molar-refractivity contribution in [3.8, 4) is 22.6 Å². The van der Waals surface area contributed by atoms with Crippen LogP contribution in [0.25, 0.3) is 44.5 Å². The molecule has 0 saturated carbocycles. The number of fused-ring (bicyclic) bond motifs is 6. The second-order valence-electron chi connectivity index (χ2n) is 9.35. The number of pyridine rings is 1. The van der Waals surface area contributed by atoms with Gasteiger partial charge >= 0.3 is 0 Å². The van der Waals surface area contributed by atoms with Gasteiger partial charge in [-0.2, -0.15) is 0 Å². The number of ketones is 1. The third-order valence-corrected chi connectivity index (χ3v) is 6.35. The molecule has 3 aromatic carbocycles. The SMILES string of the molecule is CC(=O)/C=C(/C)O.CC1(C)c2c(-c3ccc4ccccc4n3)[c-]ccc2-c2oc3ccccc3c21.[Ir]. The number of rotatable bonds is 2. The smallest absolute Gasteiger partial charge is 0.155 e. The molecule has 5 heteroatoms. The van der Waals surface area contributed by atoms with Gasteiger partial charge in [0, 0.05) is 37.1 Å². The van der Waals surface area contributed by atoms with Crippen LogP contribution in [-0.2, 0) is 30.3 Å². The average molecular weight is 653 g/mol. The monoisotopic (exact) mass is 653 g/mol. The van der Waals surface area contributed by atoms with Gasteiger partial charge in [0.1, 0.15) is 11.3 Å². The van der Waals surface area contributed by atoms with Crippen molar-refractivity contribution in [3.05, 3.63) is 102 Å². The predicted molar refractivity (Wildman–Crippen MR) is 140 cm³/mol. The van der Waals surface area contributed by atoms with Crippen molar-refractivity contribution in [1.29, 1.82) is 0 Å². The predicted octanol–water partition coefficient (Wildman–Crippen LogP) is 7.79. The standard InChI is InChI=1S/C26H18NO.C5H8O2.Ir/c1-26(2)23-17(21-15-14-16-8-3-5-12-20(16)27-21)10-7-11-19(23)25-24(26)18-9-4-6-13-22(18)28-25;1-4(6)3-5(2)7;/h3-9,11-15H,1-2H3;3,6H,1-2H3;/q-1;;/b;4-3-;. The van der Waals surface area contributed by atoms with Gasteiger partial charge in [0.2, 0.25) is 0 Å². The zero-order valence-corrected chi connectivity index (χ0v) is 22.9. The number of carbonyl (C=O) groups excluding carboxylic acids is 1. The van der Waals surface area contributed by atoms with Crippen LogP contribution in [0.5, 0.6) is 0 Å². The number of hydrogen-bond acceptors (Lipinski definition) is 4. The Labute approximate surface area is 224 Å². The van der Waals surface area contributed by atoms with Crippen molar-refractivity contribution >= 4 is 27.7 Å². The summed E-state index contributed by atoms with van der Waals surface area (Å²) in [6, 6.07) is 28.4. The first-order valence-corrected chi connectivity index (χ1v) is 11.6. The molecule has 2 heterocycles. The third-order valence-electron chi connectivity index (χ3n) is 6.35. The second-order valence-corrected chi connectivity index (χ2v) is 9.35. The van der Waals surface area contributed by atoms with Crippen molar-refractivity contribution < 1.29 is 34.4 Å². The molecule has 1 N–H and O–H groups in total. The fourth-order valence-electron chi connectivity index (χ4n) is 5.02. The van der Waals surface area contributed by atoms with E-state index in [0.717, 1.165) is 39.1 Å². The van der Waals surface area contributed by atoms with E-state index in [1.165, 1.54) is 36.4 Å². The van der Waals surface area contributed by atoms with E-state index >= 15 is 0 Å². The van der Waals surface area contributed by atoms with Crippen LogP contribution in [0.15, 0.2) is 89.0 Å². The number of allylic oxidation sites excluding steroid dienone is 2. The van der Waals surface area contributed by atoms with Gasteiger partial charge < -0.3 is 9.52 Å². The van der Waals surface area contributed by atoms with Gasteiger partial charge in [0.05, 0.1) is 11.3 Å². The van der Waals surface area contributed by atoms with E-state index in [1.54, 1.807) is 0 Å². The topological polar surface area (TPSA) is 63.3 Å². The number of para-hydroxylation sites is 2. The van der Waals surface area contributed by atoms with Gasteiger partial charge in [-0.25, -0.2) is 0 Å². The molecule has 1 aliphatic rings. The first-order valence-electron chi connectivity index (χ1n) is 11.6. The summed E-state index contributed by atoms with van der Waals surface area (Å²) in [5, 5.41) is 10.7. The van der Waals surface area contributed by atoms with Gasteiger partial charge in [-0.15, -0.1) is 29.3 Å². The number of hydrogen-bond donors (Lipinski definition) is 1. The van der Waals surface area contributed by atoms with Crippen LogP contribution < -0.4 is 0 Å². The summed E-state index contributed by atoms with van der Waals surface area (Å²) in [5.74, 6) is 0.921. The fourth-order valence-corrected chi connectivity index (χ4v) is 5.02. The summed E-state index contributed by atoms with van der Waals surface area (Å²) in [4.78, 5) is 15.0. The summed E-state index contributed by atoms with van der Waals surface area (Å²) in [5.41, 5.74) is 7.45. The van der Waals surface area contributed by atoms with Gasteiger partial charge in [-0.05, 0) is 42.5 Å². The molecule has 0 atom stereocenters. The van der Waals surface area contributed by atoms with Crippen LogP contribution in [0.1, 0.15) is 38.8 Å².